The molecular weight excluding hydrogens is 405 g/mol. The first-order valence-corrected chi connectivity index (χ1v) is 9.74. The zero-order valence-electron chi connectivity index (χ0n) is 14.2. The van der Waals surface area contributed by atoms with E-state index in [2.05, 4.69) is 11.1 Å². The van der Waals surface area contributed by atoms with Gasteiger partial charge in [0.25, 0.3) is 5.82 Å². The zero-order chi connectivity index (χ0) is 20.3. The van der Waals surface area contributed by atoms with E-state index in [1.54, 1.807) is 17.5 Å². The summed E-state index contributed by atoms with van der Waals surface area (Å²) in [7, 11) is 0. The lowest BCUT2D eigenvalue weighted by Crippen LogP contribution is -2.18. The van der Waals surface area contributed by atoms with Crippen LogP contribution in [0.1, 0.15) is 22.3 Å². The number of alkyl halides is 3. The summed E-state index contributed by atoms with van der Waals surface area (Å²) in [5.74, 6) is 0.0484. The topological polar surface area (TPSA) is 87.7 Å². The van der Waals surface area contributed by atoms with Crippen LogP contribution in [0, 0.1) is 22.7 Å². The Morgan fingerprint density at radius 2 is 1.79 bits per heavy atom. The van der Waals surface area contributed by atoms with Gasteiger partial charge in [0, 0.05) is 16.2 Å². The molecule has 0 saturated heterocycles. The first kappa shape index (κ1) is 19.7. The smallest absolute Gasteiger partial charge is 0.286 e. The summed E-state index contributed by atoms with van der Waals surface area (Å²) in [5, 5.41) is 21.3. The van der Waals surface area contributed by atoms with E-state index >= 15 is 0 Å². The van der Waals surface area contributed by atoms with Gasteiger partial charge < -0.3 is 0 Å². The van der Waals surface area contributed by atoms with Gasteiger partial charge in [0.2, 0.25) is 0 Å². The fraction of sp³-hybridized carbons (Fsp3) is 0.105. The molecule has 0 radical (unpaired) electrons. The van der Waals surface area contributed by atoms with E-state index in [-0.39, 0.29) is 28.3 Å². The van der Waals surface area contributed by atoms with Crippen molar-refractivity contribution in [3.8, 4) is 22.6 Å². The summed E-state index contributed by atoms with van der Waals surface area (Å²) in [6, 6.07) is 12.9. The first-order valence-electron chi connectivity index (χ1n) is 7.87. The van der Waals surface area contributed by atoms with E-state index in [0.29, 0.717) is 15.5 Å². The second-order valence-electron chi connectivity index (χ2n) is 5.64. The molecule has 4 nitrogen and oxygen atoms in total. The van der Waals surface area contributed by atoms with Gasteiger partial charge in [-0.15, -0.1) is 11.3 Å². The van der Waals surface area contributed by atoms with Crippen LogP contribution >= 0.6 is 23.1 Å². The van der Waals surface area contributed by atoms with Crippen molar-refractivity contribution in [1.82, 2.24) is 0 Å². The number of hydrogen-bond acceptors (Lipinski definition) is 5. The molecule has 28 heavy (non-hydrogen) atoms. The number of aromatic amines is 1. The number of nitrogens with one attached hydrogen (secondary N) is 1. The number of nitrogen functional groups attached to an aromatic ring is 1. The minimum absolute atomic E-state index is 0.0178. The number of hydrogen-bond donors (Lipinski definition) is 1. The van der Waals surface area contributed by atoms with Crippen LogP contribution in [0.5, 0.6) is 0 Å². The van der Waals surface area contributed by atoms with E-state index < -0.39 is 11.7 Å². The minimum Gasteiger partial charge on any atom is -0.286 e. The Morgan fingerprint density at radius 3 is 2.39 bits per heavy atom. The Bertz CT molecular complexity index is 1090. The average molecular weight is 417 g/mol. The van der Waals surface area contributed by atoms with Crippen LogP contribution in [0.15, 0.2) is 46.8 Å². The second kappa shape index (κ2) is 7.93. The third-order valence-electron chi connectivity index (χ3n) is 3.93. The molecule has 2 heterocycles. The lowest BCUT2D eigenvalue weighted by Gasteiger charge is -2.13. The Morgan fingerprint density at radius 1 is 1.07 bits per heavy atom. The molecule has 0 fully saturated rings. The van der Waals surface area contributed by atoms with Crippen molar-refractivity contribution in [2.24, 2.45) is 0 Å². The average Bonchev–Trinajstić information content (AvgIpc) is 3.19. The van der Waals surface area contributed by atoms with Crippen LogP contribution in [0.25, 0.3) is 10.4 Å². The number of aromatic nitrogens is 1. The predicted molar refractivity (Wildman–Crippen MR) is 101 cm³/mol. The third kappa shape index (κ3) is 3.81. The molecule has 3 N–H and O–H groups in total. The van der Waals surface area contributed by atoms with Crippen molar-refractivity contribution >= 4 is 28.9 Å². The summed E-state index contributed by atoms with van der Waals surface area (Å²) < 4.78 is 39.6. The Balaban J connectivity index is 2.06. The number of rotatable bonds is 4. The van der Waals surface area contributed by atoms with E-state index in [9.17, 15) is 23.7 Å². The number of pyridine rings is 1. The van der Waals surface area contributed by atoms with Gasteiger partial charge >= 0.3 is 6.18 Å². The number of thiophene rings is 1. The quantitative estimate of drug-likeness (QED) is 0.614. The molecule has 3 rings (SSSR count). The van der Waals surface area contributed by atoms with Gasteiger partial charge in [-0.2, -0.15) is 23.7 Å². The van der Waals surface area contributed by atoms with Gasteiger partial charge in [0.15, 0.2) is 10.6 Å². The highest BCUT2D eigenvalue weighted by atomic mass is 32.2. The number of H-pyrrole nitrogens is 1. The van der Waals surface area contributed by atoms with Crippen LogP contribution in [0.3, 0.4) is 0 Å². The van der Waals surface area contributed by atoms with E-state index in [1.165, 1.54) is 29.5 Å². The Labute approximate surface area is 167 Å². The molecule has 0 spiro atoms. The maximum atomic E-state index is 13.2. The van der Waals surface area contributed by atoms with Crippen molar-refractivity contribution in [2.45, 2.75) is 17.0 Å². The molecule has 0 aliphatic rings. The van der Waals surface area contributed by atoms with Crippen LogP contribution in [-0.2, 0) is 11.9 Å². The van der Waals surface area contributed by atoms with Crippen LogP contribution < -0.4 is 10.7 Å². The zero-order valence-corrected chi connectivity index (χ0v) is 15.8. The second-order valence-corrected chi connectivity index (χ2v) is 7.57. The lowest BCUT2D eigenvalue weighted by atomic mass is 10.0. The normalized spacial score (nSPS) is 11.0. The fourth-order valence-corrected chi connectivity index (χ4v) is 4.50. The molecule has 0 aliphatic heterocycles. The Kier molecular flexibility index (Phi) is 5.59. The molecule has 0 saturated carbocycles. The largest absolute Gasteiger partial charge is 0.416 e. The summed E-state index contributed by atoms with van der Waals surface area (Å²) in [4.78, 5) is 3.48. The molecule has 140 valence electrons. The standard InChI is InChI=1S/C19H11F3N4S2/c20-19(21,22)14-5-2-1-4-11(14)10-28-18-13(9-24)16(15-6-3-7-27-15)12(8-23)17(25)26-18/h1-7H,10H2,(H2,25,26)/p+1. The molecule has 0 unspecified atom stereocenters. The van der Waals surface area contributed by atoms with E-state index in [4.69, 9.17) is 5.73 Å². The fourth-order valence-electron chi connectivity index (χ4n) is 2.69. The number of benzene rings is 1. The van der Waals surface area contributed by atoms with Crippen molar-refractivity contribution in [3.63, 3.8) is 0 Å². The third-order valence-corrected chi connectivity index (χ3v) is 5.87. The molecule has 0 amide bonds. The lowest BCUT2D eigenvalue weighted by molar-refractivity contribution is -0.410. The first-order chi connectivity index (χ1) is 13.4. The SMILES string of the molecule is N#Cc1c(N)[nH+]c(SCc2ccccc2C(F)(F)F)c(C#N)c1-c1cccs1. The van der Waals surface area contributed by atoms with Crippen LogP contribution in [0.2, 0.25) is 0 Å². The van der Waals surface area contributed by atoms with Gasteiger partial charge in [-0.25, -0.2) is 4.98 Å². The number of nitriles is 2. The van der Waals surface area contributed by atoms with E-state index in [0.717, 1.165) is 17.8 Å². The van der Waals surface area contributed by atoms with Gasteiger partial charge in [-0.05, 0) is 23.1 Å². The molecular formula is C19H12F3N4S2+. The van der Waals surface area contributed by atoms with Crippen molar-refractivity contribution in [3.05, 3.63) is 64.0 Å². The van der Waals surface area contributed by atoms with Gasteiger partial charge in [0.05, 0.1) is 5.56 Å². The number of halogens is 3. The molecule has 0 bridgehead atoms. The van der Waals surface area contributed by atoms with E-state index in [1.807, 2.05) is 6.07 Å². The maximum absolute atomic E-state index is 13.2. The van der Waals surface area contributed by atoms with Gasteiger partial charge in [0.1, 0.15) is 17.7 Å². The highest BCUT2D eigenvalue weighted by molar-refractivity contribution is 7.98. The monoisotopic (exact) mass is 417 g/mol. The van der Waals surface area contributed by atoms with Crippen LogP contribution in [0.4, 0.5) is 19.0 Å². The molecule has 0 aliphatic carbocycles. The molecule has 0 atom stereocenters. The number of thioether (sulfide) groups is 1. The number of anilines is 1. The van der Waals surface area contributed by atoms with Gasteiger partial charge in [-0.1, -0.05) is 36.0 Å². The molecule has 1 aromatic carbocycles. The highest BCUT2D eigenvalue weighted by Crippen LogP contribution is 2.38. The molecule has 9 heteroatoms. The highest BCUT2D eigenvalue weighted by Gasteiger charge is 2.33. The minimum atomic E-state index is -4.47. The predicted octanol–water partition coefficient (Wildman–Crippen LogP) is 4.87. The van der Waals surface area contributed by atoms with Crippen molar-refractivity contribution < 1.29 is 18.2 Å². The molecule has 2 aromatic heterocycles. The Hall–Kier alpha value is -3.01. The van der Waals surface area contributed by atoms with Crippen LogP contribution in [-0.4, -0.2) is 0 Å². The van der Waals surface area contributed by atoms with Crippen molar-refractivity contribution in [2.75, 3.05) is 5.73 Å². The summed E-state index contributed by atoms with van der Waals surface area (Å²) >= 11 is 2.38. The summed E-state index contributed by atoms with van der Waals surface area (Å²) in [6.07, 6.45) is -4.47. The van der Waals surface area contributed by atoms with Crippen molar-refractivity contribution in [1.29, 1.82) is 10.5 Å². The maximum Gasteiger partial charge on any atom is 0.416 e. The molecule has 3 aromatic rings. The number of nitrogens with two attached hydrogens (primary N) is 1. The van der Waals surface area contributed by atoms with Gasteiger partial charge in [-0.3, -0.25) is 5.73 Å². The number of nitrogens with zero attached hydrogens (tertiary/aromatic N) is 2. The summed E-state index contributed by atoms with van der Waals surface area (Å²) in [5.41, 5.74) is 6.04. The summed E-state index contributed by atoms with van der Waals surface area (Å²) in [6.45, 7) is 0.